The van der Waals surface area contributed by atoms with Gasteiger partial charge in [0.2, 0.25) is 5.91 Å². The summed E-state index contributed by atoms with van der Waals surface area (Å²) in [6.45, 7) is 12.2. The second kappa shape index (κ2) is 14.1. The van der Waals surface area contributed by atoms with Crippen molar-refractivity contribution in [1.29, 1.82) is 0 Å². The van der Waals surface area contributed by atoms with Gasteiger partial charge in [-0.3, -0.25) is 9.59 Å². The molecule has 0 spiro atoms. The van der Waals surface area contributed by atoms with E-state index in [0.29, 0.717) is 24.2 Å². The first-order valence-electron chi connectivity index (χ1n) is 12.4. The SMILES string of the molecule is CCCCCCC(=O)Nc1ccc(N2CCCCC2)c(C(=O)NCC[NH+](CC)CC)c1. The number of nitrogens with one attached hydrogen (secondary N) is 3. The number of nitrogens with zero attached hydrogens (tertiary/aromatic N) is 1. The van der Waals surface area contributed by atoms with Crippen molar-refractivity contribution in [3.05, 3.63) is 23.8 Å². The van der Waals surface area contributed by atoms with Crippen LogP contribution in [-0.4, -0.2) is 51.1 Å². The minimum absolute atomic E-state index is 0.0262. The fourth-order valence-electron chi connectivity index (χ4n) is 4.19. The predicted molar refractivity (Wildman–Crippen MR) is 129 cm³/mol. The zero-order valence-corrected chi connectivity index (χ0v) is 19.9. The van der Waals surface area contributed by atoms with Gasteiger partial charge < -0.3 is 20.4 Å². The van der Waals surface area contributed by atoms with Crippen LogP contribution in [0.5, 0.6) is 0 Å². The topological polar surface area (TPSA) is 65.9 Å². The van der Waals surface area contributed by atoms with Crippen molar-refractivity contribution in [3.63, 3.8) is 0 Å². The lowest BCUT2D eigenvalue weighted by atomic mass is 10.1. The van der Waals surface area contributed by atoms with Gasteiger partial charge in [0.25, 0.3) is 5.91 Å². The number of carbonyl (C=O) groups is 2. The van der Waals surface area contributed by atoms with Gasteiger partial charge in [0.15, 0.2) is 0 Å². The van der Waals surface area contributed by atoms with Crippen molar-refractivity contribution in [2.75, 3.05) is 49.5 Å². The maximum Gasteiger partial charge on any atom is 0.253 e. The fourth-order valence-corrected chi connectivity index (χ4v) is 4.19. The molecule has 0 radical (unpaired) electrons. The van der Waals surface area contributed by atoms with Crippen LogP contribution in [-0.2, 0) is 4.79 Å². The molecule has 2 amide bonds. The summed E-state index contributed by atoms with van der Waals surface area (Å²) in [4.78, 5) is 29.2. The van der Waals surface area contributed by atoms with Crippen LogP contribution < -0.4 is 20.4 Å². The van der Waals surface area contributed by atoms with Crippen LogP contribution in [0.3, 0.4) is 0 Å². The van der Waals surface area contributed by atoms with Gasteiger partial charge in [-0.05, 0) is 57.7 Å². The lowest BCUT2D eigenvalue weighted by molar-refractivity contribution is -0.895. The summed E-state index contributed by atoms with van der Waals surface area (Å²) < 4.78 is 0. The average molecular weight is 432 g/mol. The van der Waals surface area contributed by atoms with E-state index in [4.69, 9.17) is 0 Å². The van der Waals surface area contributed by atoms with Gasteiger partial charge in [0.05, 0.1) is 31.7 Å². The van der Waals surface area contributed by atoms with Crippen molar-refractivity contribution < 1.29 is 14.5 Å². The second-order valence-corrected chi connectivity index (χ2v) is 8.60. The largest absolute Gasteiger partial charge is 0.371 e. The van der Waals surface area contributed by atoms with Crippen LogP contribution in [0.2, 0.25) is 0 Å². The molecule has 174 valence electrons. The Kier molecular flexibility index (Phi) is 11.4. The molecule has 1 aromatic rings. The first-order chi connectivity index (χ1) is 15.1. The number of hydrogen-bond donors (Lipinski definition) is 3. The normalized spacial score (nSPS) is 14.0. The third kappa shape index (κ3) is 8.52. The van der Waals surface area contributed by atoms with Gasteiger partial charge in [-0.25, -0.2) is 0 Å². The highest BCUT2D eigenvalue weighted by molar-refractivity contribution is 6.02. The smallest absolute Gasteiger partial charge is 0.253 e. The van der Waals surface area contributed by atoms with Crippen molar-refractivity contribution in [3.8, 4) is 0 Å². The molecule has 0 saturated carbocycles. The number of unbranched alkanes of at least 4 members (excludes halogenated alkanes) is 3. The van der Waals surface area contributed by atoms with E-state index in [-0.39, 0.29) is 11.8 Å². The number of hydrogen-bond acceptors (Lipinski definition) is 3. The summed E-state index contributed by atoms with van der Waals surface area (Å²) in [5.74, 6) is -0.0236. The zero-order valence-electron chi connectivity index (χ0n) is 19.9. The third-order valence-electron chi connectivity index (χ3n) is 6.24. The molecule has 6 nitrogen and oxygen atoms in total. The molecule has 1 aromatic carbocycles. The number of benzene rings is 1. The van der Waals surface area contributed by atoms with E-state index < -0.39 is 0 Å². The van der Waals surface area contributed by atoms with Gasteiger partial charge in [-0.15, -0.1) is 0 Å². The number of amides is 2. The Hall–Kier alpha value is -2.08. The van der Waals surface area contributed by atoms with Crippen LogP contribution in [0.4, 0.5) is 11.4 Å². The van der Waals surface area contributed by atoms with Crippen LogP contribution in [0, 0.1) is 0 Å². The molecule has 1 heterocycles. The molecule has 0 aliphatic carbocycles. The highest BCUT2D eigenvalue weighted by atomic mass is 16.2. The molecule has 0 aromatic heterocycles. The van der Waals surface area contributed by atoms with Gasteiger partial charge >= 0.3 is 0 Å². The fraction of sp³-hybridized carbons (Fsp3) is 0.680. The van der Waals surface area contributed by atoms with E-state index in [1.165, 1.54) is 11.3 Å². The predicted octanol–water partition coefficient (Wildman–Crippen LogP) is 3.24. The number of rotatable bonds is 13. The van der Waals surface area contributed by atoms with Crippen LogP contribution in [0.1, 0.15) is 82.5 Å². The minimum Gasteiger partial charge on any atom is -0.371 e. The first kappa shape index (κ1) is 25.2. The zero-order chi connectivity index (χ0) is 22.5. The Morgan fingerprint density at radius 3 is 2.42 bits per heavy atom. The number of carbonyl (C=O) groups excluding carboxylic acids is 2. The highest BCUT2D eigenvalue weighted by Crippen LogP contribution is 2.27. The van der Waals surface area contributed by atoms with E-state index in [1.807, 2.05) is 18.2 Å². The van der Waals surface area contributed by atoms with Crippen molar-refractivity contribution in [1.82, 2.24) is 5.32 Å². The lowest BCUT2D eigenvalue weighted by Gasteiger charge is -2.30. The molecular weight excluding hydrogens is 388 g/mol. The molecule has 31 heavy (non-hydrogen) atoms. The summed E-state index contributed by atoms with van der Waals surface area (Å²) in [6, 6.07) is 5.79. The molecule has 6 heteroatoms. The quantitative estimate of drug-likeness (QED) is 0.420. The van der Waals surface area contributed by atoms with Gasteiger partial charge in [0, 0.05) is 30.9 Å². The van der Waals surface area contributed by atoms with Gasteiger partial charge in [-0.2, -0.15) is 0 Å². The highest BCUT2D eigenvalue weighted by Gasteiger charge is 2.20. The van der Waals surface area contributed by atoms with E-state index in [2.05, 4.69) is 36.3 Å². The summed E-state index contributed by atoms with van der Waals surface area (Å²) in [5, 5.41) is 6.10. The Balaban J connectivity index is 2.08. The molecule has 1 aliphatic heterocycles. The minimum atomic E-state index is -0.0498. The Labute approximate surface area is 188 Å². The van der Waals surface area contributed by atoms with E-state index in [0.717, 1.165) is 76.9 Å². The molecule has 0 unspecified atom stereocenters. The van der Waals surface area contributed by atoms with Crippen LogP contribution in [0.15, 0.2) is 18.2 Å². The number of anilines is 2. The molecule has 2 rings (SSSR count). The van der Waals surface area contributed by atoms with E-state index in [1.54, 1.807) is 0 Å². The van der Waals surface area contributed by atoms with Gasteiger partial charge in [0.1, 0.15) is 0 Å². The van der Waals surface area contributed by atoms with Crippen LogP contribution >= 0.6 is 0 Å². The Morgan fingerprint density at radius 2 is 1.74 bits per heavy atom. The summed E-state index contributed by atoms with van der Waals surface area (Å²) in [7, 11) is 0. The molecule has 0 atom stereocenters. The monoisotopic (exact) mass is 431 g/mol. The molecular formula is C25H43N4O2+. The van der Waals surface area contributed by atoms with Crippen molar-refractivity contribution >= 4 is 23.2 Å². The molecule has 1 aliphatic rings. The van der Waals surface area contributed by atoms with Crippen molar-refractivity contribution in [2.24, 2.45) is 0 Å². The molecule has 3 N–H and O–H groups in total. The number of likely N-dealkylation sites (N-methyl/N-ethyl adjacent to an activating group) is 1. The van der Waals surface area contributed by atoms with E-state index >= 15 is 0 Å². The Morgan fingerprint density at radius 1 is 1.00 bits per heavy atom. The number of quaternary nitrogens is 1. The lowest BCUT2D eigenvalue weighted by Crippen LogP contribution is -3.12. The standard InChI is InChI=1S/C25H42N4O2/c1-4-7-8-10-13-24(30)27-21-14-15-23(29-17-11-9-12-18-29)22(20-21)25(31)26-16-19-28(5-2)6-3/h14-15,20H,4-13,16-19H2,1-3H3,(H,26,31)(H,27,30)/p+1. The molecule has 1 saturated heterocycles. The summed E-state index contributed by atoms with van der Waals surface area (Å²) in [6.07, 6.45) is 8.40. The maximum absolute atomic E-state index is 13.1. The number of piperidine rings is 1. The average Bonchev–Trinajstić information content (AvgIpc) is 2.80. The van der Waals surface area contributed by atoms with E-state index in [9.17, 15) is 9.59 Å². The second-order valence-electron chi connectivity index (χ2n) is 8.60. The molecule has 1 fully saturated rings. The van der Waals surface area contributed by atoms with Crippen molar-refractivity contribution in [2.45, 2.75) is 72.1 Å². The Bertz CT molecular complexity index is 682. The van der Waals surface area contributed by atoms with Gasteiger partial charge in [-0.1, -0.05) is 26.2 Å². The summed E-state index contributed by atoms with van der Waals surface area (Å²) >= 11 is 0. The first-order valence-corrected chi connectivity index (χ1v) is 12.4. The third-order valence-corrected chi connectivity index (χ3v) is 6.24. The maximum atomic E-state index is 13.1. The summed E-state index contributed by atoms with van der Waals surface area (Å²) in [5.41, 5.74) is 2.36. The molecule has 0 bridgehead atoms. The van der Waals surface area contributed by atoms with Crippen LogP contribution in [0.25, 0.3) is 0 Å².